The van der Waals surface area contributed by atoms with Crippen LogP contribution in [0.4, 0.5) is 5.82 Å². The third kappa shape index (κ3) is 4.03. The van der Waals surface area contributed by atoms with Crippen molar-refractivity contribution < 1.29 is 23.7 Å². The Balaban J connectivity index is 1.61. The van der Waals surface area contributed by atoms with E-state index in [4.69, 9.17) is 31.3 Å². The lowest BCUT2D eigenvalue weighted by molar-refractivity contribution is -0.210. The average Bonchev–Trinajstić information content (AvgIpc) is 3.35. The van der Waals surface area contributed by atoms with Crippen LogP contribution in [0.5, 0.6) is 0 Å². The van der Waals surface area contributed by atoms with E-state index in [2.05, 4.69) is 35.7 Å². The summed E-state index contributed by atoms with van der Waals surface area (Å²) in [5, 5.41) is 4.28. The molecule has 2 aromatic rings. The van der Waals surface area contributed by atoms with Gasteiger partial charge < -0.3 is 19.9 Å². The molecule has 2 aliphatic heterocycles. The van der Waals surface area contributed by atoms with E-state index in [9.17, 15) is 4.79 Å². The topological polar surface area (TPSA) is 115 Å². The molecule has 0 saturated carbocycles. The van der Waals surface area contributed by atoms with Gasteiger partial charge in [0, 0.05) is 6.42 Å². The summed E-state index contributed by atoms with van der Waals surface area (Å²) in [6.45, 7) is 17.4. The molecule has 2 fully saturated rings. The summed E-state index contributed by atoms with van der Waals surface area (Å²) >= 11 is 0. The summed E-state index contributed by atoms with van der Waals surface area (Å²) in [5.74, 6) is -0.975. The number of rotatable bonds is 5. The molecule has 0 radical (unpaired) electrons. The third-order valence-electron chi connectivity index (χ3n) is 5.71. The van der Waals surface area contributed by atoms with Crippen molar-refractivity contribution in [3.8, 4) is 0 Å². The van der Waals surface area contributed by atoms with Crippen LogP contribution in [0.25, 0.3) is 10.4 Å². The van der Waals surface area contributed by atoms with Gasteiger partial charge in [-0.05, 0) is 37.8 Å². The minimum absolute atomic E-state index is 0.00273. The number of aromatic nitrogens is 3. The molecule has 0 amide bonds. The van der Waals surface area contributed by atoms with Gasteiger partial charge in [-0.1, -0.05) is 20.8 Å². The lowest BCUT2D eigenvalue weighted by Gasteiger charge is -2.25. The Labute approximate surface area is 186 Å². The van der Waals surface area contributed by atoms with E-state index in [0.717, 1.165) is 0 Å². The van der Waals surface area contributed by atoms with E-state index in [0.29, 0.717) is 23.4 Å². The molecule has 0 spiro atoms. The quantitative estimate of drug-likeness (QED) is 0.554. The van der Waals surface area contributed by atoms with Crippen molar-refractivity contribution in [1.82, 2.24) is 14.6 Å². The van der Waals surface area contributed by atoms with Gasteiger partial charge in [-0.15, -0.1) is 0 Å². The number of nitrogens with two attached hydrogens (primary N) is 1. The van der Waals surface area contributed by atoms with Crippen molar-refractivity contribution >= 4 is 17.3 Å². The molecule has 4 rings (SSSR count). The average molecular weight is 444 g/mol. The number of ether oxygens (including phenoxy) is 4. The molecular weight excluding hydrogens is 414 g/mol. The van der Waals surface area contributed by atoms with E-state index < -0.39 is 29.8 Å². The van der Waals surface area contributed by atoms with Crippen LogP contribution < -0.4 is 5.73 Å². The Morgan fingerprint density at radius 2 is 2.06 bits per heavy atom. The van der Waals surface area contributed by atoms with Crippen LogP contribution in [0.1, 0.15) is 59.3 Å². The highest BCUT2D eigenvalue weighted by molar-refractivity contribution is 5.69. The standard InChI is InChI=1S/C22H29N5O5/c1-20(2,3)10-9-15(28)29-11-22(24-6)18-17(30-21(4,5)32-18)16(31-22)13-7-8-14-19(23)25-12-26-27(13)14/h7-8,12,16-18H,9-11H2,1-5H3,(H2,23,25,26)/t16-,17-,18-,22+/m0/s1. The van der Waals surface area contributed by atoms with Gasteiger partial charge in [0.2, 0.25) is 0 Å². The van der Waals surface area contributed by atoms with Crippen LogP contribution in [-0.4, -0.2) is 50.9 Å². The minimum Gasteiger partial charge on any atom is -0.454 e. The fourth-order valence-corrected chi connectivity index (χ4v) is 4.10. The summed E-state index contributed by atoms with van der Waals surface area (Å²) in [6, 6.07) is 3.60. The van der Waals surface area contributed by atoms with Gasteiger partial charge in [-0.2, -0.15) is 5.10 Å². The van der Waals surface area contributed by atoms with Gasteiger partial charge in [-0.3, -0.25) is 14.4 Å². The van der Waals surface area contributed by atoms with Gasteiger partial charge in [0.15, 0.2) is 24.3 Å². The van der Waals surface area contributed by atoms with Crippen molar-refractivity contribution in [3.05, 3.63) is 35.6 Å². The zero-order valence-corrected chi connectivity index (χ0v) is 19.0. The van der Waals surface area contributed by atoms with Crippen molar-refractivity contribution in [1.29, 1.82) is 0 Å². The zero-order chi connectivity index (χ0) is 23.3. The molecule has 4 atom stereocenters. The van der Waals surface area contributed by atoms with Gasteiger partial charge in [0.1, 0.15) is 24.1 Å². The van der Waals surface area contributed by atoms with Crippen molar-refractivity contribution in [2.45, 2.75) is 77.3 Å². The number of hydrogen-bond donors (Lipinski definition) is 1. The van der Waals surface area contributed by atoms with E-state index >= 15 is 0 Å². The number of fused-ring (bicyclic) bond motifs is 2. The van der Waals surface area contributed by atoms with Crippen LogP contribution in [0.2, 0.25) is 0 Å². The number of hydrogen-bond acceptors (Lipinski definition) is 8. The summed E-state index contributed by atoms with van der Waals surface area (Å²) in [6.07, 6.45) is 0.268. The number of carbonyl (C=O) groups is 1. The third-order valence-corrected chi connectivity index (χ3v) is 5.71. The summed E-state index contributed by atoms with van der Waals surface area (Å²) in [7, 11) is 0. The van der Waals surface area contributed by atoms with Gasteiger partial charge >= 0.3 is 11.7 Å². The van der Waals surface area contributed by atoms with Crippen LogP contribution in [0, 0.1) is 12.0 Å². The molecular formula is C22H29N5O5. The fourth-order valence-electron chi connectivity index (χ4n) is 4.10. The molecule has 10 nitrogen and oxygen atoms in total. The smallest absolute Gasteiger partial charge is 0.400 e. The normalized spacial score (nSPS) is 29.1. The first-order valence-electron chi connectivity index (χ1n) is 10.6. The molecule has 0 unspecified atom stereocenters. The Kier molecular flexibility index (Phi) is 5.40. The molecule has 2 N–H and O–H groups in total. The van der Waals surface area contributed by atoms with Crippen LogP contribution in [0.3, 0.4) is 0 Å². The fraction of sp³-hybridized carbons (Fsp3) is 0.636. The Morgan fingerprint density at radius 1 is 1.31 bits per heavy atom. The highest BCUT2D eigenvalue weighted by atomic mass is 16.8. The number of anilines is 1. The molecule has 172 valence electrons. The summed E-state index contributed by atoms with van der Waals surface area (Å²) in [5.41, 5.74) is 5.70. The van der Waals surface area contributed by atoms with Crippen molar-refractivity contribution in [3.63, 3.8) is 0 Å². The lowest BCUT2D eigenvalue weighted by atomic mass is 9.91. The molecule has 2 aliphatic rings. The summed E-state index contributed by atoms with van der Waals surface area (Å²) < 4.78 is 25.6. The predicted octanol–water partition coefficient (Wildman–Crippen LogP) is 2.89. The molecule has 4 heterocycles. The maximum Gasteiger partial charge on any atom is 0.400 e. The van der Waals surface area contributed by atoms with Gasteiger partial charge in [0.05, 0.1) is 5.69 Å². The molecule has 0 aromatic carbocycles. The SMILES string of the molecule is [C-]#[N+][C@]1(COC(=O)CCC(C)(C)C)O[C@@H](c2ccc3c(N)ncnn23)[C@@H]2OC(C)(C)O[C@@H]21. The van der Waals surface area contributed by atoms with Crippen molar-refractivity contribution in [2.24, 2.45) is 5.41 Å². The molecule has 0 aliphatic carbocycles. The Hall–Kier alpha value is -2.74. The highest BCUT2D eigenvalue weighted by Gasteiger charge is 2.69. The largest absolute Gasteiger partial charge is 0.454 e. The van der Waals surface area contributed by atoms with E-state index in [1.807, 2.05) is 6.07 Å². The van der Waals surface area contributed by atoms with E-state index in [-0.39, 0.29) is 24.4 Å². The van der Waals surface area contributed by atoms with Crippen molar-refractivity contribution in [2.75, 3.05) is 12.3 Å². The lowest BCUT2D eigenvalue weighted by Crippen LogP contribution is -2.45. The maximum absolute atomic E-state index is 12.4. The second-order valence-corrected chi connectivity index (χ2v) is 9.94. The van der Waals surface area contributed by atoms with Crippen LogP contribution in [0.15, 0.2) is 18.5 Å². The molecule has 0 bridgehead atoms. The first-order valence-corrected chi connectivity index (χ1v) is 10.6. The van der Waals surface area contributed by atoms with Crippen LogP contribution in [-0.2, 0) is 23.7 Å². The molecule has 2 saturated heterocycles. The minimum atomic E-state index is -1.54. The number of carbonyl (C=O) groups excluding carboxylic acids is 1. The molecule has 32 heavy (non-hydrogen) atoms. The van der Waals surface area contributed by atoms with Gasteiger partial charge in [0.25, 0.3) is 0 Å². The zero-order valence-electron chi connectivity index (χ0n) is 19.0. The number of nitrogen functional groups attached to an aromatic ring is 1. The first kappa shape index (κ1) is 22.5. The van der Waals surface area contributed by atoms with Gasteiger partial charge in [-0.25, -0.2) is 16.1 Å². The van der Waals surface area contributed by atoms with Crippen LogP contribution >= 0.6 is 0 Å². The maximum atomic E-state index is 12.4. The number of nitrogens with zero attached hydrogens (tertiary/aromatic N) is 4. The molecule has 10 heteroatoms. The predicted molar refractivity (Wildman–Crippen MR) is 114 cm³/mol. The second kappa shape index (κ2) is 7.69. The Bertz CT molecular complexity index is 1070. The van der Waals surface area contributed by atoms with E-state index in [1.54, 1.807) is 24.4 Å². The van der Waals surface area contributed by atoms with E-state index in [1.165, 1.54) is 6.33 Å². The monoisotopic (exact) mass is 443 g/mol. The first-order chi connectivity index (χ1) is 14.9. The summed E-state index contributed by atoms with van der Waals surface area (Å²) in [4.78, 5) is 20.1. The Morgan fingerprint density at radius 3 is 2.75 bits per heavy atom. The number of esters is 1. The second-order valence-electron chi connectivity index (χ2n) is 9.94. The highest BCUT2D eigenvalue weighted by Crippen LogP contribution is 2.51. The molecule has 2 aromatic heterocycles.